The molecule has 1 fully saturated rings. The van der Waals surface area contributed by atoms with Gasteiger partial charge in [-0.3, -0.25) is 0 Å². The number of aromatic nitrogens is 2. The van der Waals surface area contributed by atoms with Crippen LogP contribution in [0.1, 0.15) is 58.4 Å². The Hall–Kier alpha value is -1.32. The summed E-state index contributed by atoms with van der Waals surface area (Å²) in [5.41, 5.74) is 7.43. The molecule has 1 aliphatic rings. The largest absolute Gasteiger partial charge is 0.383 e. The molecule has 0 radical (unpaired) electrons. The second-order valence-corrected chi connectivity index (χ2v) is 6.60. The average Bonchev–Trinajstić information content (AvgIpc) is 2.84. The first-order valence-corrected chi connectivity index (χ1v) is 7.89. The molecule has 4 heteroatoms. The van der Waals surface area contributed by atoms with Gasteiger partial charge >= 0.3 is 0 Å². The van der Waals surface area contributed by atoms with Crippen LogP contribution in [0.5, 0.6) is 0 Å². The van der Waals surface area contributed by atoms with Crippen LogP contribution in [0, 0.1) is 11.3 Å². The minimum Gasteiger partial charge on any atom is -0.383 e. The number of nitrogen functional groups attached to an aromatic ring is 1. The molecule has 1 aromatic heterocycles. The first-order chi connectivity index (χ1) is 9.56. The number of rotatable bonds is 6. The van der Waals surface area contributed by atoms with Gasteiger partial charge in [-0.05, 0) is 37.0 Å². The summed E-state index contributed by atoms with van der Waals surface area (Å²) in [5, 5.41) is 3.56. The highest BCUT2D eigenvalue weighted by atomic mass is 15.0. The van der Waals surface area contributed by atoms with Crippen molar-refractivity contribution < 1.29 is 0 Å². The van der Waals surface area contributed by atoms with E-state index >= 15 is 0 Å². The lowest BCUT2D eigenvalue weighted by Crippen LogP contribution is -2.29. The molecular formula is C16H28N4. The zero-order valence-corrected chi connectivity index (χ0v) is 13.1. The maximum atomic E-state index is 5.94. The third-order valence-electron chi connectivity index (χ3n) is 4.47. The Balaban J connectivity index is 2.08. The highest BCUT2D eigenvalue weighted by molar-refractivity contribution is 5.54. The Kier molecular flexibility index (Phi) is 4.84. The first kappa shape index (κ1) is 15.1. The molecule has 0 amide bonds. The summed E-state index contributed by atoms with van der Waals surface area (Å²) in [6, 6.07) is 0. The van der Waals surface area contributed by atoms with Gasteiger partial charge in [-0.2, -0.15) is 0 Å². The van der Waals surface area contributed by atoms with E-state index in [9.17, 15) is 0 Å². The second kappa shape index (κ2) is 6.42. The van der Waals surface area contributed by atoms with Gasteiger partial charge in [0.1, 0.15) is 18.0 Å². The fourth-order valence-electron chi connectivity index (χ4n) is 3.64. The van der Waals surface area contributed by atoms with E-state index < -0.39 is 0 Å². The van der Waals surface area contributed by atoms with E-state index in [-0.39, 0.29) is 0 Å². The molecule has 1 saturated carbocycles. The van der Waals surface area contributed by atoms with Gasteiger partial charge in [0.25, 0.3) is 0 Å². The number of nitrogens with zero attached hydrogens (tertiary/aromatic N) is 2. The van der Waals surface area contributed by atoms with Crippen LogP contribution in [0.4, 0.5) is 11.6 Å². The molecule has 1 aliphatic carbocycles. The van der Waals surface area contributed by atoms with Gasteiger partial charge in [0.2, 0.25) is 0 Å². The Morgan fingerprint density at radius 2 is 2.00 bits per heavy atom. The molecule has 0 aromatic carbocycles. The van der Waals surface area contributed by atoms with Crippen molar-refractivity contribution in [1.82, 2.24) is 9.97 Å². The molecule has 1 heterocycles. The Labute approximate surface area is 122 Å². The molecule has 2 rings (SSSR count). The SMILES string of the molecule is CCc1c(N)ncnc1NCC1(CC(C)C)CCCC1. The molecule has 0 saturated heterocycles. The van der Waals surface area contributed by atoms with Crippen LogP contribution in [0.15, 0.2) is 6.33 Å². The van der Waals surface area contributed by atoms with E-state index in [1.54, 1.807) is 6.33 Å². The molecule has 112 valence electrons. The molecule has 0 atom stereocenters. The predicted octanol–water partition coefficient (Wildman–Crippen LogP) is 3.64. The third kappa shape index (κ3) is 3.41. The zero-order chi connectivity index (χ0) is 14.6. The van der Waals surface area contributed by atoms with Crippen molar-refractivity contribution in [3.8, 4) is 0 Å². The van der Waals surface area contributed by atoms with Crippen LogP contribution in [0.25, 0.3) is 0 Å². The molecule has 0 spiro atoms. The minimum absolute atomic E-state index is 0.443. The summed E-state index contributed by atoms with van der Waals surface area (Å²) in [7, 11) is 0. The van der Waals surface area contributed by atoms with Gasteiger partial charge in [0.05, 0.1) is 0 Å². The first-order valence-electron chi connectivity index (χ1n) is 7.89. The lowest BCUT2D eigenvalue weighted by atomic mass is 9.78. The van der Waals surface area contributed by atoms with Crippen molar-refractivity contribution in [1.29, 1.82) is 0 Å². The fraction of sp³-hybridized carbons (Fsp3) is 0.750. The van der Waals surface area contributed by atoms with Crippen LogP contribution < -0.4 is 11.1 Å². The Morgan fingerprint density at radius 1 is 1.30 bits per heavy atom. The van der Waals surface area contributed by atoms with Gasteiger partial charge in [-0.1, -0.05) is 33.6 Å². The monoisotopic (exact) mass is 276 g/mol. The van der Waals surface area contributed by atoms with Crippen molar-refractivity contribution in [2.75, 3.05) is 17.6 Å². The highest BCUT2D eigenvalue weighted by Crippen LogP contribution is 2.43. The number of hydrogen-bond acceptors (Lipinski definition) is 4. The highest BCUT2D eigenvalue weighted by Gasteiger charge is 2.34. The summed E-state index contributed by atoms with van der Waals surface area (Å²) < 4.78 is 0. The van der Waals surface area contributed by atoms with Crippen LogP contribution >= 0.6 is 0 Å². The second-order valence-electron chi connectivity index (χ2n) is 6.60. The summed E-state index contributed by atoms with van der Waals surface area (Å²) in [5.74, 6) is 2.28. The number of nitrogens with two attached hydrogens (primary N) is 1. The Bertz CT molecular complexity index is 436. The third-order valence-corrected chi connectivity index (χ3v) is 4.47. The molecule has 0 unspecified atom stereocenters. The van der Waals surface area contributed by atoms with Crippen molar-refractivity contribution in [2.24, 2.45) is 11.3 Å². The van der Waals surface area contributed by atoms with E-state index in [2.05, 4.69) is 36.1 Å². The number of hydrogen-bond donors (Lipinski definition) is 2. The lowest BCUT2D eigenvalue weighted by molar-refractivity contribution is 0.252. The van der Waals surface area contributed by atoms with E-state index in [0.717, 1.165) is 30.3 Å². The van der Waals surface area contributed by atoms with Gasteiger partial charge in [-0.25, -0.2) is 9.97 Å². The molecule has 1 aromatic rings. The summed E-state index contributed by atoms with van der Waals surface area (Å²) in [4.78, 5) is 8.46. The van der Waals surface area contributed by atoms with E-state index in [0.29, 0.717) is 11.2 Å². The topological polar surface area (TPSA) is 63.8 Å². The van der Waals surface area contributed by atoms with E-state index in [4.69, 9.17) is 5.73 Å². The lowest BCUT2D eigenvalue weighted by Gasteiger charge is -2.31. The molecule has 0 bridgehead atoms. The molecule has 0 aliphatic heterocycles. The van der Waals surface area contributed by atoms with Crippen molar-refractivity contribution in [3.05, 3.63) is 11.9 Å². The van der Waals surface area contributed by atoms with Gasteiger partial charge < -0.3 is 11.1 Å². The van der Waals surface area contributed by atoms with Crippen molar-refractivity contribution in [2.45, 2.75) is 59.3 Å². The standard InChI is InChI=1S/C16H28N4/c1-4-13-14(17)19-11-20-15(13)18-10-16(9-12(2)3)7-5-6-8-16/h11-12H,4-10H2,1-3H3,(H3,17,18,19,20). The summed E-state index contributed by atoms with van der Waals surface area (Å²) in [6.07, 6.45) is 9.11. The van der Waals surface area contributed by atoms with Crippen molar-refractivity contribution in [3.63, 3.8) is 0 Å². The summed E-state index contributed by atoms with van der Waals surface area (Å²) >= 11 is 0. The quantitative estimate of drug-likeness (QED) is 0.832. The van der Waals surface area contributed by atoms with Crippen LogP contribution in [0.2, 0.25) is 0 Å². The maximum Gasteiger partial charge on any atom is 0.134 e. The number of anilines is 2. The van der Waals surface area contributed by atoms with Gasteiger partial charge in [0.15, 0.2) is 0 Å². The van der Waals surface area contributed by atoms with E-state index in [1.807, 2.05) is 0 Å². The maximum absolute atomic E-state index is 5.94. The minimum atomic E-state index is 0.443. The molecular weight excluding hydrogens is 248 g/mol. The molecule has 4 nitrogen and oxygen atoms in total. The van der Waals surface area contributed by atoms with Gasteiger partial charge in [0, 0.05) is 12.1 Å². The predicted molar refractivity (Wildman–Crippen MR) is 84.7 cm³/mol. The fourth-order valence-corrected chi connectivity index (χ4v) is 3.64. The molecule has 3 N–H and O–H groups in total. The normalized spacial score (nSPS) is 17.6. The summed E-state index contributed by atoms with van der Waals surface area (Å²) in [6.45, 7) is 7.74. The zero-order valence-electron chi connectivity index (χ0n) is 13.1. The van der Waals surface area contributed by atoms with Gasteiger partial charge in [-0.15, -0.1) is 0 Å². The van der Waals surface area contributed by atoms with Crippen LogP contribution in [0.3, 0.4) is 0 Å². The van der Waals surface area contributed by atoms with Crippen molar-refractivity contribution >= 4 is 11.6 Å². The smallest absolute Gasteiger partial charge is 0.134 e. The Morgan fingerprint density at radius 3 is 2.60 bits per heavy atom. The van der Waals surface area contributed by atoms with Crippen LogP contribution in [-0.4, -0.2) is 16.5 Å². The van der Waals surface area contributed by atoms with E-state index in [1.165, 1.54) is 32.1 Å². The number of nitrogens with one attached hydrogen (secondary N) is 1. The average molecular weight is 276 g/mol. The molecule has 20 heavy (non-hydrogen) atoms. The van der Waals surface area contributed by atoms with Crippen LogP contribution in [-0.2, 0) is 6.42 Å².